The first kappa shape index (κ1) is 12.9. The van der Waals surface area contributed by atoms with Gasteiger partial charge in [-0.1, -0.05) is 13.8 Å². The zero-order valence-electron chi connectivity index (χ0n) is 10.2. The highest BCUT2D eigenvalue weighted by Crippen LogP contribution is 2.16. The Kier molecular flexibility index (Phi) is 4.71. The van der Waals surface area contributed by atoms with Gasteiger partial charge < -0.3 is 16.2 Å². The third kappa shape index (κ3) is 3.18. The lowest BCUT2D eigenvalue weighted by Crippen LogP contribution is -2.41. The normalized spacial score (nSPS) is 15.1. The molecule has 90 valence electrons. The number of hydrogen-bond donors (Lipinski definition) is 2. The molecule has 0 bridgehead atoms. The molecule has 2 unspecified atom stereocenters. The Bertz CT molecular complexity index is 328. The van der Waals surface area contributed by atoms with E-state index in [0.29, 0.717) is 12.3 Å². The maximum absolute atomic E-state index is 6.12. The molecule has 0 saturated heterocycles. The number of hydrogen-bond acceptors (Lipinski definition) is 4. The molecule has 0 aliphatic carbocycles. The highest BCUT2D eigenvalue weighted by molar-refractivity contribution is 5.44. The van der Waals surface area contributed by atoms with Crippen molar-refractivity contribution in [3.8, 4) is 0 Å². The van der Waals surface area contributed by atoms with Gasteiger partial charge in [-0.3, -0.25) is 4.98 Å². The molecule has 0 radical (unpaired) electrons. The maximum Gasteiger partial charge on any atom is 0.0748 e. The number of nitrogens with zero attached hydrogens (tertiary/aromatic N) is 1. The number of anilines is 1. The molecule has 1 heterocycles. The van der Waals surface area contributed by atoms with Crippen LogP contribution < -0.4 is 11.5 Å². The third-order valence-corrected chi connectivity index (χ3v) is 2.75. The lowest BCUT2D eigenvalue weighted by molar-refractivity contribution is 0.0442. The summed E-state index contributed by atoms with van der Waals surface area (Å²) in [6, 6.07) is 1.73. The van der Waals surface area contributed by atoms with Crippen LogP contribution in [0.3, 0.4) is 0 Å². The van der Waals surface area contributed by atoms with E-state index in [4.69, 9.17) is 16.2 Å². The first-order valence-electron chi connectivity index (χ1n) is 5.53. The van der Waals surface area contributed by atoms with Gasteiger partial charge in [0.1, 0.15) is 0 Å². The molecular weight excluding hydrogens is 202 g/mol. The topological polar surface area (TPSA) is 74.2 Å². The van der Waals surface area contributed by atoms with Crippen LogP contribution in [-0.4, -0.2) is 24.2 Å². The van der Waals surface area contributed by atoms with Crippen molar-refractivity contribution in [2.45, 2.75) is 32.4 Å². The quantitative estimate of drug-likeness (QED) is 0.786. The van der Waals surface area contributed by atoms with Gasteiger partial charge in [-0.15, -0.1) is 0 Å². The predicted molar refractivity (Wildman–Crippen MR) is 66.0 cm³/mol. The lowest BCUT2D eigenvalue weighted by atomic mass is 9.95. The molecule has 2 atom stereocenters. The number of nitrogen functional groups attached to an aromatic ring is 1. The van der Waals surface area contributed by atoms with Crippen LogP contribution in [0, 0.1) is 5.92 Å². The average molecular weight is 223 g/mol. The van der Waals surface area contributed by atoms with Crippen LogP contribution in [-0.2, 0) is 11.2 Å². The van der Waals surface area contributed by atoms with E-state index in [1.54, 1.807) is 25.6 Å². The van der Waals surface area contributed by atoms with Gasteiger partial charge >= 0.3 is 0 Å². The number of methoxy groups -OCH3 is 1. The molecule has 0 saturated carbocycles. The molecule has 1 aromatic rings. The molecule has 0 aromatic carbocycles. The van der Waals surface area contributed by atoms with Gasteiger partial charge in [0.25, 0.3) is 0 Å². The number of ether oxygens (including phenoxy) is 1. The van der Waals surface area contributed by atoms with Crippen molar-refractivity contribution in [3.63, 3.8) is 0 Å². The molecule has 0 fully saturated rings. The predicted octanol–water partition coefficient (Wildman–Crippen LogP) is 1.20. The summed E-state index contributed by atoms with van der Waals surface area (Å²) >= 11 is 0. The van der Waals surface area contributed by atoms with Crippen molar-refractivity contribution >= 4 is 5.69 Å². The monoisotopic (exact) mass is 223 g/mol. The van der Waals surface area contributed by atoms with E-state index < -0.39 is 0 Å². The van der Waals surface area contributed by atoms with Gasteiger partial charge in [-0.2, -0.15) is 0 Å². The van der Waals surface area contributed by atoms with E-state index in [-0.39, 0.29) is 12.1 Å². The number of aromatic nitrogens is 1. The highest BCUT2D eigenvalue weighted by atomic mass is 16.5. The first-order chi connectivity index (χ1) is 7.56. The van der Waals surface area contributed by atoms with Crippen LogP contribution >= 0.6 is 0 Å². The number of pyridine rings is 1. The Morgan fingerprint density at radius 3 is 2.62 bits per heavy atom. The van der Waals surface area contributed by atoms with E-state index in [2.05, 4.69) is 18.8 Å². The van der Waals surface area contributed by atoms with E-state index in [1.165, 1.54) is 0 Å². The fraction of sp³-hybridized carbons (Fsp3) is 0.583. The van der Waals surface area contributed by atoms with Crippen LogP contribution in [0.1, 0.15) is 19.4 Å². The van der Waals surface area contributed by atoms with E-state index >= 15 is 0 Å². The van der Waals surface area contributed by atoms with Gasteiger partial charge in [0.05, 0.1) is 6.10 Å². The van der Waals surface area contributed by atoms with Gasteiger partial charge in [-0.05, 0) is 24.0 Å². The van der Waals surface area contributed by atoms with Crippen molar-refractivity contribution in [3.05, 3.63) is 24.0 Å². The Hall–Kier alpha value is -1.13. The van der Waals surface area contributed by atoms with Crippen LogP contribution in [0.25, 0.3) is 0 Å². The summed E-state index contributed by atoms with van der Waals surface area (Å²) in [4.78, 5) is 4.05. The minimum absolute atomic E-state index is 0.0413. The fourth-order valence-corrected chi connectivity index (χ4v) is 1.92. The summed E-state index contributed by atoms with van der Waals surface area (Å²) in [5, 5.41) is 0. The minimum Gasteiger partial charge on any atom is -0.398 e. The molecule has 4 N–H and O–H groups in total. The second-order valence-corrected chi connectivity index (χ2v) is 4.39. The Balaban J connectivity index is 2.70. The largest absolute Gasteiger partial charge is 0.398 e. The Morgan fingerprint density at radius 2 is 2.12 bits per heavy atom. The molecule has 4 nitrogen and oxygen atoms in total. The Labute approximate surface area is 97.0 Å². The first-order valence-corrected chi connectivity index (χ1v) is 5.53. The van der Waals surface area contributed by atoms with E-state index in [1.807, 2.05) is 0 Å². The standard InChI is InChI=1S/C12H21N3O/c1-8(2)12(16-3)11(14)6-9-7-15-5-4-10(9)13/h4-5,7-8,11-12H,6,14H2,1-3H3,(H2,13,15). The summed E-state index contributed by atoms with van der Waals surface area (Å²) in [5.74, 6) is 0.387. The van der Waals surface area contributed by atoms with Crippen molar-refractivity contribution in [2.24, 2.45) is 11.7 Å². The zero-order valence-corrected chi connectivity index (χ0v) is 10.2. The van der Waals surface area contributed by atoms with E-state index in [9.17, 15) is 0 Å². The summed E-state index contributed by atoms with van der Waals surface area (Å²) in [6.07, 6.45) is 4.18. The third-order valence-electron chi connectivity index (χ3n) is 2.75. The van der Waals surface area contributed by atoms with Crippen molar-refractivity contribution < 1.29 is 4.74 Å². The van der Waals surface area contributed by atoms with Crippen LogP contribution in [0.15, 0.2) is 18.5 Å². The summed E-state index contributed by atoms with van der Waals surface area (Å²) < 4.78 is 5.40. The second-order valence-electron chi connectivity index (χ2n) is 4.39. The van der Waals surface area contributed by atoms with Crippen LogP contribution in [0.5, 0.6) is 0 Å². The van der Waals surface area contributed by atoms with Gasteiger partial charge in [0.2, 0.25) is 0 Å². The lowest BCUT2D eigenvalue weighted by Gasteiger charge is -2.26. The molecular formula is C12H21N3O. The summed E-state index contributed by atoms with van der Waals surface area (Å²) in [5.41, 5.74) is 13.7. The summed E-state index contributed by atoms with van der Waals surface area (Å²) in [6.45, 7) is 4.20. The highest BCUT2D eigenvalue weighted by Gasteiger charge is 2.21. The SMILES string of the molecule is COC(C(C)C)C(N)Cc1cnccc1N. The molecule has 0 aliphatic heterocycles. The van der Waals surface area contributed by atoms with E-state index in [0.717, 1.165) is 11.3 Å². The molecule has 1 aromatic heterocycles. The van der Waals surface area contributed by atoms with Crippen LogP contribution in [0.4, 0.5) is 5.69 Å². The average Bonchev–Trinajstić information content (AvgIpc) is 2.22. The molecule has 0 amide bonds. The van der Waals surface area contributed by atoms with Crippen molar-refractivity contribution in [1.82, 2.24) is 4.98 Å². The van der Waals surface area contributed by atoms with Gasteiger partial charge in [0.15, 0.2) is 0 Å². The fourth-order valence-electron chi connectivity index (χ4n) is 1.92. The number of nitrogens with two attached hydrogens (primary N) is 2. The molecule has 4 heteroatoms. The van der Waals surface area contributed by atoms with Crippen LogP contribution in [0.2, 0.25) is 0 Å². The number of rotatable bonds is 5. The zero-order chi connectivity index (χ0) is 12.1. The minimum atomic E-state index is -0.0588. The van der Waals surface area contributed by atoms with Gasteiger partial charge in [0, 0.05) is 31.2 Å². The summed E-state index contributed by atoms with van der Waals surface area (Å²) in [7, 11) is 1.69. The van der Waals surface area contributed by atoms with Gasteiger partial charge in [-0.25, -0.2) is 0 Å². The Morgan fingerprint density at radius 1 is 1.44 bits per heavy atom. The smallest absolute Gasteiger partial charge is 0.0748 e. The molecule has 1 rings (SSSR count). The molecule has 0 aliphatic rings. The molecule has 16 heavy (non-hydrogen) atoms. The van der Waals surface area contributed by atoms with Crippen molar-refractivity contribution in [1.29, 1.82) is 0 Å². The second kappa shape index (κ2) is 5.82. The molecule has 0 spiro atoms. The van der Waals surface area contributed by atoms with Crippen molar-refractivity contribution in [2.75, 3.05) is 12.8 Å². The maximum atomic E-state index is 6.12.